The molecular formula is C23H26N10Na2O11P2. The number of rotatable bonds is 2. The zero-order valence-corrected chi connectivity index (χ0v) is 31.2. The smallest absolute Gasteiger partial charge is 0.756 e. The fourth-order valence-electron chi connectivity index (χ4n) is 7.35. The largest absolute Gasteiger partial charge is 1.00 e. The van der Waals surface area contributed by atoms with E-state index in [2.05, 4.69) is 29.9 Å². The van der Waals surface area contributed by atoms with Gasteiger partial charge in [-0.25, -0.2) is 19.9 Å². The molecule has 246 valence electrons. The average molecular weight is 726 g/mol. The van der Waals surface area contributed by atoms with Crippen LogP contribution in [0.1, 0.15) is 24.9 Å². The van der Waals surface area contributed by atoms with Gasteiger partial charge in [-0.2, -0.15) is 4.98 Å². The number of aromatic amines is 1. The van der Waals surface area contributed by atoms with Gasteiger partial charge in [-0.1, -0.05) is 0 Å². The van der Waals surface area contributed by atoms with Crippen LogP contribution in [-0.2, 0) is 27.2 Å². The first-order valence-corrected chi connectivity index (χ1v) is 17.0. The van der Waals surface area contributed by atoms with E-state index in [9.17, 15) is 33.9 Å². The number of phosphoric acid groups is 2. The molecule has 0 amide bonds. The number of anilines is 2. The van der Waals surface area contributed by atoms with Gasteiger partial charge in [0.2, 0.25) is 5.95 Å². The van der Waals surface area contributed by atoms with E-state index in [0.717, 1.165) is 0 Å². The first-order valence-electron chi connectivity index (χ1n) is 14.1. The van der Waals surface area contributed by atoms with Crippen molar-refractivity contribution < 1.29 is 106 Å². The molecule has 3 aliphatic carbocycles. The van der Waals surface area contributed by atoms with Crippen LogP contribution in [0.15, 0.2) is 23.8 Å². The van der Waals surface area contributed by atoms with Crippen LogP contribution in [0.25, 0.3) is 22.3 Å². The van der Waals surface area contributed by atoms with E-state index in [1.54, 1.807) is 0 Å². The Morgan fingerprint density at radius 1 is 0.958 bits per heavy atom. The maximum atomic E-state index is 13.2. The number of hydrogen-bond acceptors (Lipinski definition) is 18. The first kappa shape index (κ1) is 36.4. The quantitative estimate of drug-likeness (QED) is 0.0946. The summed E-state index contributed by atoms with van der Waals surface area (Å²) >= 11 is 0. The van der Waals surface area contributed by atoms with Gasteiger partial charge in [-0.3, -0.25) is 18.9 Å². The van der Waals surface area contributed by atoms with Crippen LogP contribution in [-0.4, -0.2) is 86.9 Å². The summed E-state index contributed by atoms with van der Waals surface area (Å²) in [5, 5.41) is 22.7. The molecule has 1 saturated heterocycles. The van der Waals surface area contributed by atoms with Crippen LogP contribution in [0, 0.1) is 17.3 Å². The number of H-pyrrole nitrogens is 1. The van der Waals surface area contributed by atoms with Crippen molar-refractivity contribution >= 4 is 49.7 Å². The molecular weight excluding hydrogens is 700 g/mol. The number of aromatic nitrogens is 8. The molecule has 8 rings (SSSR count). The van der Waals surface area contributed by atoms with Crippen molar-refractivity contribution in [1.29, 1.82) is 0 Å². The first-order chi connectivity index (χ1) is 21.8. The SMILES string of the molecule is Nc1nc2c(ncn2[C@H]2[C@H](O)[C@@H]3OP(=O)([O-])OC[C@H]4C[C@@H](n5cnc6c(N)ncnc65)[C@H](O)[C@@H]4OP(=O)([O-])OCC34C[C@H]24)c(=O)[nH]1.[Na+].[Na+]. The third kappa shape index (κ3) is 5.84. The van der Waals surface area contributed by atoms with Gasteiger partial charge in [0, 0.05) is 11.3 Å². The molecule has 7 N–H and O–H groups in total. The van der Waals surface area contributed by atoms with Crippen molar-refractivity contribution in [3.8, 4) is 0 Å². The number of nitrogens with one attached hydrogen (secondary N) is 1. The Bertz CT molecular complexity index is 2050. The van der Waals surface area contributed by atoms with Gasteiger partial charge < -0.3 is 58.7 Å². The van der Waals surface area contributed by atoms with Crippen molar-refractivity contribution in [2.75, 3.05) is 24.7 Å². The van der Waals surface area contributed by atoms with Gasteiger partial charge in [0.05, 0.1) is 44.1 Å². The molecule has 48 heavy (non-hydrogen) atoms. The molecule has 5 heterocycles. The Hall–Kier alpha value is -1.36. The third-order valence-corrected chi connectivity index (χ3v) is 11.4. The molecule has 4 aromatic rings. The summed E-state index contributed by atoms with van der Waals surface area (Å²) in [6, 6.07) is -1.82. The summed E-state index contributed by atoms with van der Waals surface area (Å²) in [4.78, 5) is 61.5. The van der Waals surface area contributed by atoms with Crippen molar-refractivity contribution in [1.82, 2.24) is 39.0 Å². The second kappa shape index (κ2) is 12.7. The van der Waals surface area contributed by atoms with Gasteiger partial charge in [0.15, 0.2) is 22.6 Å². The molecule has 1 aliphatic heterocycles. The minimum absolute atomic E-state index is 0. The number of fused-ring (bicyclic) bond motifs is 3. The number of imidazole rings is 2. The zero-order valence-electron chi connectivity index (χ0n) is 25.4. The van der Waals surface area contributed by atoms with Gasteiger partial charge in [-0.15, -0.1) is 0 Å². The number of hydrogen-bond donors (Lipinski definition) is 5. The monoisotopic (exact) mass is 726 g/mol. The molecule has 3 saturated carbocycles. The molecule has 4 aromatic heterocycles. The van der Waals surface area contributed by atoms with Crippen molar-refractivity contribution in [3.05, 3.63) is 29.3 Å². The Labute approximate surface area is 313 Å². The van der Waals surface area contributed by atoms with E-state index >= 15 is 0 Å². The predicted octanol–water partition coefficient (Wildman–Crippen LogP) is -8.27. The summed E-state index contributed by atoms with van der Waals surface area (Å²) in [6.07, 6.45) is -2.12. The van der Waals surface area contributed by atoms with Gasteiger partial charge in [0.25, 0.3) is 21.2 Å². The Morgan fingerprint density at radius 2 is 1.67 bits per heavy atom. The van der Waals surface area contributed by atoms with Crippen molar-refractivity contribution in [3.63, 3.8) is 0 Å². The summed E-state index contributed by atoms with van der Waals surface area (Å²) in [5.41, 5.74) is 10.1. The van der Waals surface area contributed by atoms with Gasteiger partial charge in [0.1, 0.15) is 30.2 Å². The zero-order chi connectivity index (χ0) is 32.3. The van der Waals surface area contributed by atoms with E-state index in [1.807, 2.05) is 0 Å². The van der Waals surface area contributed by atoms with Crippen LogP contribution < -0.4 is 85.9 Å². The van der Waals surface area contributed by atoms with Crippen molar-refractivity contribution in [2.45, 2.75) is 49.3 Å². The van der Waals surface area contributed by atoms with Crippen LogP contribution in [0.3, 0.4) is 0 Å². The summed E-state index contributed by atoms with van der Waals surface area (Å²) in [5.74, 6) is -1.72. The number of aliphatic hydroxyl groups excluding tert-OH is 2. The molecule has 0 bridgehead atoms. The van der Waals surface area contributed by atoms with Crippen LogP contribution in [0.2, 0.25) is 0 Å². The van der Waals surface area contributed by atoms with Crippen LogP contribution >= 0.6 is 15.6 Å². The molecule has 4 fully saturated rings. The van der Waals surface area contributed by atoms with E-state index in [4.69, 9.17) is 29.6 Å². The topological polar surface area (TPSA) is 317 Å². The fraction of sp³-hybridized carbons (Fsp3) is 0.565. The molecule has 4 aliphatic rings. The summed E-state index contributed by atoms with van der Waals surface area (Å²) in [7, 11) is -10.3. The molecule has 21 nitrogen and oxygen atoms in total. The number of nitrogen functional groups attached to an aromatic ring is 2. The molecule has 1 spiro atoms. The molecule has 3 unspecified atom stereocenters. The Morgan fingerprint density at radius 3 is 2.44 bits per heavy atom. The fourth-order valence-corrected chi connectivity index (χ4v) is 9.45. The minimum atomic E-state index is -5.18. The number of aliphatic hydroxyl groups is 2. The van der Waals surface area contributed by atoms with Gasteiger partial charge in [-0.05, 0) is 18.8 Å². The van der Waals surface area contributed by atoms with Crippen LogP contribution in [0.4, 0.5) is 11.8 Å². The second-order valence-corrected chi connectivity index (χ2v) is 14.7. The minimum Gasteiger partial charge on any atom is -0.756 e. The number of nitrogens with two attached hydrogens (primary N) is 2. The Balaban J connectivity index is 0.00000201. The standard InChI is InChI=1S/C23H28N10O11P2.2Na/c24-18-11-19(27-5-26-18)32(6-28-11)10-1-8-3-41-45(37,38)44-17-15(35)13(33-7-29-12-20(33)30-22(25)31-21(12)36)9-2-23(9,17)4-42-46(39,40)43-16(8)14(10)34;;/h5-10,13-17,34-35H,1-4H2,(H,37,38)(H,39,40)(H2,24,26,27)(H3,25,30,31,36);;/q;2*+1/p-2/t8-,9-,10-,13-,14+,15+,16-,17+,23?;;/m1../s1. The average Bonchev–Trinajstić information content (AvgIpc) is 3.25. The van der Waals surface area contributed by atoms with E-state index in [0.29, 0.717) is 0 Å². The van der Waals surface area contributed by atoms with Crippen LogP contribution in [0.5, 0.6) is 0 Å². The third-order valence-electron chi connectivity index (χ3n) is 9.50. The van der Waals surface area contributed by atoms with E-state index < -0.39 is 88.2 Å². The summed E-state index contributed by atoms with van der Waals surface area (Å²) in [6.45, 7) is -1.26. The van der Waals surface area contributed by atoms with Crippen molar-refractivity contribution in [2.24, 2.45) is 17.3 Å². The predicted molar refractivity (Wildman–Crippen MR) is 148 cm³/mol. The second-order valence-electron chi connectivity index (χ2n) is 12.0. The number of nitrogens with zero attached hydrogens (tertiary/aromatic N) is 7. The normalized spacial score (nSPS) is 39.3. The number of phosphoric ester groups is 2. The van der Waals surface area contributed by atoms with Gasteiger partial charge >= 0.3 is 59.1 Å². The molecule has 0 radical (unpaired) electrons. The maximum Gasteiger partial charge on any atom is 1.00 e. The maximum absolute atomic E-state index is 13.2. The summed E-state index contributed by atoms with van der Waals surface area (Å²) < 4.78 is 50.7. The Kier molecular flexibility index (Phi) is 9.64. The molecule has 0 aromatic carbocycles. The van der Waals surface area contributed by atoms with E-state index in [-0.39, 0.29) is 106 Å². The molecule has 11 atom stereocenters. The van der Waals surface area contributed by atoms with E-state index in [1.165, 1.54) is 28.1 Å². The molecule has 25 heteroatoms.